The maximum Gasteiger partial charge on any atom is 0.338 e. The number of carbonyl (C=O) groups is 6. The molecule has 0 fully saturated rings. The van der Waals surface area contributed by atoms with Gasteiger partial charge in [-0.25, -0.2) is 24.5 Å². The lowest BCUT2D eigenvalue weighted by Crippen LogP contribution is -2.41. The summed E-state index contributed by atoms with van der Waals surface area (Å²) in [6.45, 7) is 14.2. The van der Waals surface area contributed by atoms with Crippen molar-refractivity contribution >= 4 is 97.7 Å². The van der Waals surface area contributed by atoms with Crippen molar-refractivity contribution in [3.8, 4) is 0 Å². The lowest BCUT2D eigenvalue weighted by atomic mass is 9.84. The number of fused-ring (bicyclic) bond motifs is 9. The van der Waals surface area contributed by atoms with E-state index in [-0.39, 0.29) is 117 Å². The highest BCUT2D eigenvalue weighted by atomic mass is 16.5. The molecule has 12 N–H and O–H groups in total. The zero-order valence-corrected chi connectivity index (χ0v) is 46.4. The number of aromatic nitrogens is 8. The van der Waals surface area contributed by atoms with E-state index in [9.17, 15) is 48.9 Å². The minimum absolute atomic E-state index is 0.0168. The minimum Gasteiger partial charge on any atom is -0.481 e. The lowest BCUT2D eigenvalue weighted by Gasteiger charge is -2.18. The fourth-order valence-corrected chi connectivity index (χ4v) is 10.2. The van der Waals surface area contributed by atoms with Gasteiger partial charge in [-0.05, 0) is 105 Å². The SMILES string of the molecule is C=Cc1c(C)c2cc3nc(c(CC(=O)O)c4nc(cc5[nH]c(cc1[nH]2)c(C)c5CC)C(C)=C4C(=O)O)C(CCC(=O)NCCOCCOCNC(=O)CCC(NC(=O)c1ccc(NCc2cnc4nc(N)[nH]c(=O)c4n2)cc1)C(=O)O)C3C. The average Bonchev–Trinajstić information content (AvgIpc) is 3.98. The summed E-state index contributed by atoms with van der Waals surface area (Å²) in [5, 5.41) is 41.7. The van der Waals surface area contributed by atoms with Crippen molar-refractivity contribution in [1.29, 1.82) is 0 Å². The molecule has 2 aliphatic rings. The lowest BCUT2D eigenvalue weighted by molar-refractivity contribution is -0.139. The van der Waals surface area contributed by atoms with Crippen LogP contribution in [0, 0.1) is 13.8 Å². The van der Waals surface area contributed by atoms with Crippen LogP contribution in [-0.4, -0.2) is 130 Å². The first-order chi connectivity index (χ1) is 39.7. The molecular weight excluding hydrogens is 1070 g/mol. The van der Waals surface area contributed by atoms with E-state index in [4.69, 9.17) is 25.2 Å². The van der Waals surface area contributed by atoms with Crippen LogP contribution in [0.25, 0.3) is 50.5 Å². The number of H-pyrrole nitrogens is 3. The monoisotopic (exact) mass is 1140 g/mol. The zero-order valence-electron chi connectivity index (χ0n) is 46.4. The van der Waals surface area contributed by atoms with Crippen molar-refractivity contribution in [1.82, 2.24) is 55.8 Å². The number of ether oxygens (including phenoxy) is 2. The number of hydrogen-bond donors (Lipinski definition) is 11. The largest absolute Gasteiger partial charge is 0.481 e. The molecule has 0 aliphatic carbocycles. The minimum atomic E-state index is -1.36. The van der Waals surface area contributed by atoms with E-state index < -0.39 is 53.7 Å². The van der Waals surface area contributed by atoms with Crippen molar-refractivity contribution in [2.45, 2.75) is 97.6 Å². The van der Waals surface area contributed by atoms with Crippen LogP contribution < -0.4 is 32.6 Å². The van der Waals surface area contributed by atoms with Crippen molar-refractivity contribution in [3.63, 3.8) is 0 Å². The number of nitrogens with two attached hydrogens (primary N) is 1. The summed E-state index contributed by atoms with van der Waals surface area (Å²) >= 11 is 0. The van der Waals surface area contributed by atoms with Crippen LogP contribution in [0.2, 0.25) is 0 Å². The van der Waals surface area contributed by atoms with Gasteiger partial charge in [-0.1, -0.05) is 26.5 Å². The highest BCUT2D eigenvalue weighted by Gasteiger charge is 2.36. The molecule has 83 heavy (non-hydrogen) atoms. The summed E-state index contributed by atoms with van der Waals surface area (Å²) < 4.78 is 11.1. The summed E-state index contributed by atoms with van der Waals surface area (Å²) in [5.41, 5.74) is 15.2. The van der Waals surface area contributed by atoms with Crippen molar-refractivity contribution in [2.24, 2.45) is 0 Å². The Morgan fingerprint density at radius 2 is 1.55 bits per heavy atom. The number of carboxylic acid groups (broad SMARTS) is 3. The highest BCUT2D eigenvalue weighted by Crippen LogP contribution is 2.44. The number of hydrogen-bond acceptors (Lipinski definition) is 16. The predicted octanol–water partition coefficient (Wildman–Crippen LogP) is 5.55. The van der Waals surface area contributed by atoms with Gasteiger partial charge < -0.3 is 61.8 Å². The van der Waals surface area contributed by atoms with Crippen molar-refractivity contribution < 1.29 is 53.6 Å². The molecule has 434 valence electrons. The first kappa shape index (κ1) is 59.5. The van der Waals surface area contributed by atoms with Gasteiger partial charge in [0, 0.05) is 81.4 Å². The molecule has 8 bridgehead atoms. The second kappa shape index (κ2) is 26.3. The Kier molecular flexibility index (Phi) is 18.9. The second-order valence-electron chi connectivity index (χ2n) is 20.0. The van der Waals surface area contributed by atoms with Gasteiger partial charge in [0.25, 0.3) is 11.5 Å². The van der Waals surface area contributed by atoms with Crippen LogP contribution in [0.5, 0.6) is 0 Å². The molecule has 0 radical (unpaired) electrons. The smallest absolute Gasteiger partial charge is 0.338 e. The Bertz CT molecular complexity index is 3810. The molecule has 0 spiro atoms. The highest BCUT2D eigenvalue weighted by molar-refractivity contribution is 6.24. The van der Waals surface area contributed by atoms with Crippen LogP contribution in [0.15, 0.2) is 60.0 Å². The summed E-state index contributed by atoms with van der Waals surface area (Å²) in [6.07, 6.45) is 3.18. The summed E-state index contributed by atoms with van der Waals surface area (Å²) in [5.74, 6) is -6.16. The molecule has 8 rings (SSSR count). The molecule has 0 saturated heterocycles. The molecule has 3 unspecified atom stereocenters. The van der Waals surface area contributed by atoms with Crippen LogP contribution in [0.3, 0.4) is 0 Å². The van der Waals surface area contributed by atoms with E-state index in [0.717, 1.165) is 44.3 Å². The standard InChI is InChI=1S/C58H65N13O12/c1-7-35-28(3)40-22-42-30(5)37(50(67-42)38(21-48(74)75)51-49(57(80)81)31(6)43(68-51)24-45-36(8-2)29(4)41(66-45)23-44(35)65-40)13-15-46(72)60-17-18-82-19-20-83-27-63-47(73)16-14-39(56(78)79)69-54(76)32-9-11-33(12-10-32)61-25-34-26-62-53-52(64-34)55(77)71-58(59)70-53/h7,9-12,22-24,26,30,37,39,61,65-66H,1,8,13-21,25,27H2,2-6H3,(H,60,72)(H,63,73)(H,69,76)(H,74,75)(H,78,79)(H,80,81)(H3,59,62,70,71,77). The third-order valence-electron chi connectivity index (χ3n) is 14.6. The van der Waals surface area contributed by atoms with E-state index in [1.165, 1.54) is 18.3 Å². The van der Waals surface area contributed by atoms with Crippen molar-refractivity contribution in [2.75, 3.05) is 44.1 Å². The normalized spacial score (nSPS) is 14.3. The van der Waals surface area contributed by atoms with Crippen molar-refractivity contribution in [3.05, 3.63) is 127 Å². The van der Waals surface area contributed by atoms with Gasteiger partial charge >= 0.3 is 17.9 Å². The molecule has 7 heterocycles. The Labute approximate surface area is 474 Å². The number of nitrogens with zero attached hydrogens (tertiary/aromatic N) is 5. The van der Waals surface area contributed by atoms with Gasteiger partial charge in [0.2, 0.25) is 17.8 Å². The van der Waals surface area contributed by atoms with Gasteiger partial charge in [0.05, 0.1) is 67.3 Å². The van der Waals surface area contributed by atoms with Gasteiger partial charge in [0.15, 0.2) is 11.2 Å². The summed E-state index contributed by atoms with van der Waals surface area (Å²) in [4.78, 5) is 120. The number of aryl methyl sites for hydroxylation is 3. The molecule has 1 aromatic carbocycles. The van der Waals surface area contributed by atoms with E-state index >= 15 is 0 Å². The predicted molar refractivity (Wildman–Crippen MR) is 309 cm³/mol. The van der Waals surface area contributed by atoms with Gasteiger partial charge in [-0.3, -0.25) is 33.9 Å². The Morgan fingerprint density at radius 1 is 0.831 bits per heavy atom. The fraction of sp³-hybridized carbons (Fsp3) is 0.345. The number of amides is 3. The molecule has 2 aliphatic heterocycles. The van der Waals surface area contributed by atoms with Gasteiger partial charge in [0.1, 0.15) is 12.8 Å². The first-order valence-corrected chi connectivity index (χ1v) is 26.9. The average molecular weight is 1140 g/mol. The number of anilines is 2. The number of rotatable bonds is 25. The number of nitrogens with one attached hydrogen (secondary N) is 7. The van der Waals surface area contributed by atoms with E-state index in [2.05, 4.69) is 57.7 Å². The molecule has 3 amide bonds. The number of nitrogen functional groups attached to an aromatic ring is 1. The van der Waals surface area contributed by atoms with Crippen LogP contribution in [0.1, 0.15) is 125 Å². The maximum atomic E-state index is 13.4. The van der Waals surface area contributed by atoms with Gasteiger partial charge in [-0.15, -0.1) is 0 Å². The number of aliphatic carboxylic acids is 3. The van der Waals surface area contributed by atoms with E-state index in [1.807, 2.05) is 39.8 Å². The molecular formula is C58H65N13O12. The Balaban J connectivity index is 0.810. The fourth-order valence-electron chi connectivity index (χ4n) is 10.2. The van der Waals surface area contributed by atoms with Crippen LogP contribution in [-0.2, 0) is 52.8 Å². The maximum absolute atomic E-state index is 13.4. The Morgan fingerprint density at radius 3 is 2.27 bits per heavy atom. The molecule has 5 aromatic heterocycles. The quantitative estimate of drug-likeness (QED) is 0.0247. The molecule has 0 saturated carbocycles. The van der Waals surface area contributed by atoms with Crippen LogP contribution >= 0.6 is 0 Å². The van der Waals surface area contributed by atoms with E-state index in [1.54, 1.807) is 31.2 Å². The number of carboxylic acids is 3. The number of aromatic amines is 3. The number of benzene rings is 1. The summed E-state index contributed by atoms with van der Waals surface area (Å²) in [6, 6.07) is 10.6. The first-order valence-electron chi connectivity index (χ1n) is 26.9. The molecule has 3 atom stereocenters. The Hall–Kier alpha value is -9.62. The molecule has 25 nitrogen and oxygen atoms in total. The number of carbonyl (C=O) groups excluding carboxylic acids is 3. The third kappa shape index (κ3) is 13.9. The van der Waals surface area contributed by atoms with E-state index in [0.29, 0.717) is 40.5 Å². The van der Waals surface area contributed by atoms with Crippen LogP contribution in [0.4, 0.5) is 11.6 Å². The number of allylic oxidation sites excluding steroid dienone is 1. The zero-order chi connectivity index (χ0) is 59.6. The second-order valence-corrected chi connectivity index (χ2v) is 20.0. The molecule has 25 heteroatoms. The third-order valence-corrected chi connectivity index (χ3v) is 14.6. The molecule has 6 aromatic rings. The topological polar surface area (TPSA) is 385 Å². The summed E-state index contributed by atoms with van der Waals surface area (Å²) in [7, 11) is 0. The van der Waals surface area contributed by atoms with Gasteiger partial charge in [-0.2, -0.15) is 4.98 Å².